The molecule has 0 aromatic heterocycles. The summed E-state index contributed by atoms with van der Waals surface area (Å²) in [5.41, 5.74) is -0.525. The van der Waals surface area contributed by atoms with Crippen LogP contribution in [0, 0.1) is 0 Å². The van der Waals surface area contributed by atoms with Crippen molar-refractivity contribution < 1.29 is 49.8 Å². The number of fused-ring (bicyclic) bond motifs is 1. The van der Waals surface area contributed by atoms with Crippen molar-refractivity contribution in [1.82, 2.24) is 4.90 Å². The largest absolute Gasteiger partial charge is 0.480 e. The van der Waals surface area contributed by atoms with Crippen LogP contribution in [0.25, 0.3) is 0 Å². The molecule has 1 aromatic rings. The van der Waals surface area contributed by atoms with Crippen molar-refractivity contribution in [2.24, 2.45) is 0 Å². The Morgan fingerprint density at radius 3 is 1.67 bits per heavy atom. The Balaban J connectivity index is 2.59. The zero-order valence-electron chi connectivity index (χ0n) is 11.7. The molecule has 0 fully saturated rings. The average molecular weight is 341 g/mol. The molecule has 1 aromatic carbocycles. The van der Waals surface area contributed by atoms with E-state index in [9.17, 15) is 39.6 Å². The van der Waals surface area contributed by atoms with Gasteiger partial charge >= 0.3 is 17.7 Å². The van der Waals surface area contributed by atoms with Gasteiger partial charge in [-0.2, -0.15) is 0 Å². The third-order valence-corrected chi connectivity index (χ3v) is 3.51. The number of aliphatic hydroxyl groups is 4. The van der Waals surface area contributed by atoms with Crippen molar-refractivity contribution in [3.8, 4) is 0 Å². The van der Waals surface area contributed by atoms with Crippen LogP contribution in [-0.4, -0.2) is 76.9 Å². The minimum atomic E-state index is -4.38. The van der Waals surface area contributed by atoms with Crippen molar-refractivity contribution in [1.29, 1.82) is 0 Å². The van der Waals surface area contributed by atoms with E-state index in [1.165, 1.54) is 12.1 Å². The number of rotatable bonds is 5. The summed E-state index contributed by atoms with van der Waals surface area (Å²) in [7, 11) is 0. The van der Waals surface area contributed by atoms with Gasteiger partial charge in [0.2, 0.25) is 0 Å². The molecule has 1 aliphatic rings. The van der Waals surface area contributed by atoms with Crippen LogP contribution in [0.2, 0.25) is 0 Å². The van der Waals surface area contributed by atoms with Gasteiger partial charge in [0.25, 0.3) is 17.6 Å². The Kier molecular flexibility index (Phi) is 3.90. The number of benzene rings is 1. The standard InChI is InChI=1S/C13H11NO10/c15-8-5-3-1-2-4-6(5)9(16)14(8)7(10(17)18)12(21,22)13(23,24)11(19)20/h1-4,7,21-24H,(H,17,18)(H,19,20). The lowest BCUT2D eigenvalue weighted by molar-refractivity contribution is -0.355. The Morgan fingerprint density at radius 2 is 1.33 bits per heavy atom. The fourth-order valence-electron chi connectivity index (χ4n) is 2.25. The highest BCUT2D eigenvalue weighted by Crippen LogP contribution is 2.32. The van der Waals surface area contributed by atoms with Crippen LogP contribution < -0.4 is 0 Å². The molecular formula is C13H11NO10. The summed E-state index contributed by atoms with van der Waals surface area (Å²) < 4.78 is 0. The van der Waals surface area contributed by atoms with Gasteiger partial charge in [-0.3, -0.25) is 14.5 Å². The Hall–Kier alpha value is -2.86. The summed E-state index contributed by atoms with van der Waals surface area (Å²) in [5, 5.41) is 56.0. The molecule has 11 nitrogen and oxygen atoms in total. The Labute approximate surface area is 132 Å². The van der Waals surface area contributed by atoms with Gasteiger partial charge in [0.1, 0.15) is 0 Å². The molecule has 11 heteroatoms. The first kappa shape index (κ1) is 17.5. The van der Waals surface area contributed by atoms with E-state index < -0.39 is 41.4 Å². The topological polar surface area (TPSA) is 193 Å². The monoisotopic (exact) mass is 341 g/mol. The second-order valence-electron chi connectivity index (χ2n) is 4.97. The molecule has 128 valence electrons. The molecule has 6 N–H and O–H groups in total. The van der Waals surface area contributed by atoms with E-state index in [2.05, 4.69) is 0 Å². The van der Waals surface area contributed by atoms with Gasteiger partial charge in [0.15, 0.2) is 6.04 Å². The minimum absolute atomic E-state index is 0.156. The summed E-state index contributed by atoms with van der Waals surface area (Å²) in [6.45, 7) is 0. The molecule has 2 rings (SSSR count). The second kappa shape index (κ2) is 5.35. The number of imide groups is 1. The highest BCUT2D eigenvalue weighted by Gasteiger charge is 2.65. The van der Waals surface area contributed by atoms with Crippen molar-refractivity contribution in [2.45, 2.75) is 17.6 Å². The zero-order chi connectivity index (χ0) is 18.4. The highest BCUT2D eigenvalue weighted by molar-refractivity contribution is 6.22. The highest BCUT2D eigenvalue weighted by atomic mass is 16.6. The van der Waals surface area contributed by atoms with Gasteiger partial charge in [-0.05, 0) is 12.1 Å². The summed E-state index contributed by atoms with van der Waals surface area (Å²) in [6, 6.07) is 2.03. The molecule has 0 bridgehead atoms. The van der Waals surface area contributed by atoms with Crippen LogP contribution in [0.4, 0.5) is 0 Å². The predicted molar refractivity (Wildman–Crippen MR) is 70.3 cm³/mol. The van der Waals surface area contributed by atoms with Gasteiger partial charge in [0, 0.05) is 0 Å². The number of carbonyl (C=O) groups is 4. The van der Waals surface area contributed by atoms with E-state index in [1.807, 2.05) is 0 Å². The first-order valence-corrected chi connectivity index (χ1v) is 6.27. The van der Waals surface area contributed by atoms with Gasteiger partial charge < -0.3 is 30.6 Å². The molecule has 1 atom stereocenters. The lowest BCUT2D eigenvalue weighted by Crippen LogP contribution is -2.71. The number of carboxylic acids is 2. The van der Waals surface area contributed by atoms with Gasteiger partial charge in [0.05, 0.1) is 11.1 Å². The van der Waals surface area contributed by atoms with E-state index in [4.69, 9.17) is 10.2 Å². The number of aliphatic carboxylic acids is 2. The third-order valence-electron chi connectivity index (χ3n) is 3.51. The SMILES string of the molecule is O=C(O)C(N1C(=O)c2ccccc2C1=O)C(O)(O)C(O)(O)C(=O)O. The average Bonchev–Trinajstić information content (AvgIpc) is 2.72. The first-order valence-electron chi connectivity index (χ1n) is 6.27. The molecule has 0 aliphatic carbocycles. The molecule has 1 unspecified atom stereocenters. The number of amides is 2. The quantitative estimate of drug-likeness (QED) is 0.240. The normalized spacial score (nSPS) is 16.1. The fraction of sp³-hybridized carbons (Fsp3) is 0.231. The summed E-state index contributed by atoms with van der Waals surface area (Å²) in [4.78, 5) is 46.4. The van der Waals surface area contributed by atoms with Crippen molar-refractivity contribution in [2.75, 3.05) is 0 Å². The molecule has 1 heterocycles. The second-order valence-corrected chi connectivity index (χ2v) is 4.97. The number of hydrogen-bond acceptors (Lipinski definition) is 8. The molecule has 2 amide bonds. The smallest absolute Gasteiger partial charge is 0.370 e. The zero-order valence-corrected chi connectivity index (χ0v) is 11.7. The third kappa shape index (κ3) is 2.23. The van der Waals surface area contributed by atoms with Gasteiger partial charge in [-0.1, -0.05) is 12.1 Å². The lowest BCUT2D eigenvalue weighted by Gasteiger charge is -2.38. The molecular weight excluding hydrogens is 330 g/mol. The van der Waals surface area contributed by atoms with Gasteiger partial charge in [-0.25, -0.2) is 9.59 Å². The summed E-state index contributed by atoms with van der Waals surface area (Å²) in [5.74, 6) is -16.1. The molecule has 0 saturated carbocycles. The predicted octanol–water partition coefficient (Wildman–Crippen LogP) is -2.82. The van der Waals surface area contributed by atoms with Crippen LogP contribution in [0.5, 0.6) is 0 Å². The summed E-state index contributed by atoms with van der Waals surface area (Å²) in [6.07, 6.45) is 0. The first-order chi connectivity index (χ1) is 10.9. The van der Waals surface area contributed by atoms with Crippen molar-refractivity contribution in [3.05, 3.63) is 35.4 Å². The Bertz CT molecular complexity index is 718. The molecule has 24 heavy (non-hydrogen) atoms. The maximum Gasteiger partial charge on any atom is 0.370 e. The molecule has 0 spiro atoms. The fourth-order valence-corrected chi connectivity index (χ4v) is 2.25. The van der Waals surface area contributed by atoms with E-state index in [-0.39, 0.29) is 16.0 Å². The van der Waals surface area contributed by atoms with Crippen LogP contribution in [0.15, 0.2) is 24.3 Å². The van der Waals surface area contributed by atoms with E-state index in [1.54, 1.807) is 0 Å². The number of nitrogens with zero attached hydrogens (tertiary/aromatic N) is 1. The van der Waals surface area contributed by atoms with E-state index in [0.29, 0.717) is 0 Å². The Morgan fingerprint density at radius 1 is 0.917 bits per heavy atom. The van der Waals surface area contributed by atoms with Crippen molar-refractivity contribution in [3.63, 3.8) is 0 Å². The number of carboxylic acid groups (broad SMARTS) is 2. The van der Waals surface area contributed by atoms with E-state index >= 15 is 0 Å². The lowest BCUT2D eigenvalue weighted by atomic mass is 9.96. The van der Waals surface area contributed by atoms with Crippen LogP contribution in [0.3, 0.4) is 0 Å². The van der Waals surface area contributed by atoms with Crippen LogP contribution in [0.1, 0.15) is 20.7 Å². The van der Waals surface area contributed by atoms with Crippen molar-refractivity contribution >= 4 is 23.8 Å². The maximum absolute atomic E-state index is 12.2. The van der Waals surface area contributed by atoms with E-state index in [0.717, 1.165) is 12.1 Å². The van der Waals surface area contributed by atoms with Crippen LogP contribution >= 0.6 is 0 Å². The molecule has 1 aliphatic heterocycles. The number of carbonyl (C=O) groups excluding carboxylic acids is 2. The maximum atomic E-state index is 12.2. The molecule has 0 saturated heterocycles. The minimum Gasteiger partial charge on any atom is -0.480 e. The summed E-state index contributed by atoms with van der Waals surface area (Å²) >= 11 is 0. The van der Waals surface area contributed by atoms with Crippen LogP contribution in [-0.2, 0) is 9.59 Å². The van der Waals surface area contributed by atoms with Gasteiger partial charge in [-0.15, -0.1) is 0 Å². The molecule has 0 radical (unpaired) electrons. The number of hydrogen-bond donors (Lipinski definition) is 6.